The van der Waals surface area contributed by atoms with Crippen LogP contribution in [0.5, 0.6) is 0 Å². The second kappa shape index (κ2) is 5.22. The molecule has 0 fully saturated rings. The zero-order chi connectivity index (χ0) is 12.4. The van der Waals surface area contributed by atoms with Crippen molar-refractivity contribution in [3.63, 3.8) is 0 Å². The topological polar surface area (TPSA) is 0 Å². The predicted octanol–water partition coefficient (Wildman–Crippen LogP) is 5.47. The van der Waals surface area contributed by atoms with Crippen molar-refractivity contribution in [3.8, 4) is 0 Å². The van der Waals surface area contributed by atoms with E-state index in [1.807, 2.05) is 0 Å². The fourth-order valence-electron chi connectivity index (χ4n) is 2.64. The second-order valence-corrected chi connectivity index (χ2v) is 6.00. The SMILES string of the molecule is C=C(C)C1CCC(C)=CC1c1ccc(Br)cc1. The Morgan fingerprint density at radius 2 is 1.94 bits per heavy atom. The Morgan fingerprint density at radius 1 is 1.29 bits per heavy atom. The van der Waals surface area contributed by atoms with Crippen molar-refractivity contribution in [2.24, 2.45) is 5.92 Å². The Balaban J connectivity index is 2.35. The maximum absolute atomic E-state index is 4.16. The lowest BCUT2D eigenvalue weighted by Crippen LogP contribution is -2.16. The van der Waals surface area contributed by atoms with Gasteiger partial charge in [-0.3, -0.25) is 0 Å². The average Bonchev–Trinajstić information content (AvgIpc) is 2.29. The Hall–Kier alpha value is -0.820. The van der Waals surface area contributed by atoms with Crippen LogP contribution < -0.4 is 0 Å². The van der Waals surface area contributed by atoms with E-state index in [0.29, 0.717) is 11.8 Å². The summed E-state index contributed by atoms with van der Waals surface area (Å²) in [6, 6.07) is 8.70. The summed E-state index contributed by atoms with van der Waals surface area (Å²) in [5.74, 6) is 1.11. The molecule has 90 valence electrons. The standard InChI is InChI=1S/C16H19Br/c1-11(2)15-9-4-12(3)10-16(15)13-5-7-14(17)8-6-13/h5-8,10,15-16H,1,4,9H2,2-3H3. The minimum absolute atomic E-state index is 0.509. The number of halogens is 1. The van der Waals surface area contributed by atoms with Crippen LogP contribution in [0.3, 0.4) is 0 Å². The van der Waals surface area contributed by atoms with Crippen LogP contribution in [0, 0.1) is 5.92 Å². The molecule has 1 aromatic rings. The number of hydrogen-bond acceptors (Lipinski definition) is 0. The molecule has 1 aliphatic rings. The molecule has 0 spiro atoms. The van der Waals surface area contributed by atoms with Crippen molar-refractivity contribution >= 4 is 15.9 Å². The van der Waals surface area contributed by atoms with Gasteiger partial charge in [-0.15, -0.1) is 0 Å². The van der Waals surface area contributed by atoms with Gasteiger partial charge < -0.3 is 0 Å². The molecule has 0 bridgehead atoms. The van der Waals surface area contributed by atoms with Crippen LogP contribution in [0.2, 0.25) is 0 Å². The molecule has 0 aliphatic heterocycles. The lowest BCUT2D eigenvalue weighted by molar-refractivity contribution is 0.483. The quantitative estimate of drug-likeness (QED) is 0.634. The van der Waals surface area contributed by atoms with Gasteiger partial charge in [-0.05, 0) is 50.3 Å². The lowest BCUT2D eigenvalue weighted by atomic mass is 9.74. The largest absolute Gasteiger partial charge is 0.0998 e. The molecule has 2 unspecified atom stereocenters. The molecular formula is C16H19Br. The monoisotopic (exact) mass is 290 g/mol. The summed E-state index contributed by atoms with van der Waals surface area (Å²) in [7, 11) is 0. The van der Waals surface area contributed by atoms with Gasteiger partial charge in [0.2, 0.25) is 0 Å². The van der Waals surface area contributed by atoms with Gasteiger partial charge in [0.05, 0.1) is 0 Å². The molecule has 0 amide bonds. The first-order valence-corrected chi connectivity index (χ1v) is 6.95. The third kappa shape index (κ3) is 2.90. The molecule has 0 nitrogen and oxygen atoms in total. The Bertz CT molecular complexity index is 439. The number of rotatable bonds is 2. The summed E-state index contributed by atoms with van der Waals surface area (Å²) in [6.45, 7) is 8.55. The third-order valence-corrected chi connectivity index (χ3v) is 4.16. The fraction of sp³-hybridized carbons (Fsp3) is 0.375. The first kappa shape index (κ1) is 12.6. The Labute approximate surface area is 113 Å². The van der Waals surface area contributed by atoms with Crippen LogP contribution >= 0.6 is 15.9 Å². The van der Waals surface area contributed by atoms with E-state index in [2.05, 4.69) is 66.7 Å². The van der Waals surface area contributed by atoms with E-state index in [0.717, 1.165) is 4.47 Å². The molecule has 2 rings (SSSR count). The summed E-state index contributed by atoms with van der Waals surface area (Å²) >= 11 is 3.49. The van der Waals surface area contributed by atoms with Crippen molar-refractivity contribution in [3.05, 3.63) is 58.1 Å². The zero-order valence-corrected chi connectivity index (χ0v) is 12.1. The third-order valence-electron chi connectivity index (χ3n) is 3.64. The molecular weight excluding hydrogens is 272 g/mol. The first-order chi connectivity index (χ1) is 8.08. The van der Waals surface area contributed by atoms with Crippen LogP contribution in [0.1, 0.15) is 38.2 Å². The molecule has 1 aliphatic carbocycles. The Kier molecular flexibility index (Phi) is 3.88. The van der Waals surface area contributed by atoms with E-state index < -0.39 is 0 Å². The summed E-state index contributed by atoms with van der Waals surface area (Å²) in [5.41, 5.74) is 4.22. The molecule has 0 saturated heterocycles. The molecule has 17 heavy (non-hydrogen) atoms. The smallest absolute Gasteiger partial charge is 0.0175 e. The molecule has 1 heteroatoms. The van der Waals surface area contributed by atoms with Crippen LogP contribution in [0.15, 0.2) is 52.5 Å². The molecule has 0 radical (unpaired) electrons. The molecule has 2 atom stereocenters. The fourth-order valence-corrected chi connectivity index (χ4v) is 2.90. The molecule has 0 N–H and O–H groups in total. The number of benzene rings is 1. The van der Waals surface area contributed by atoms with Crippen molar-refractivity contribution in [2.45, 2.75) is 32.6 Å². The van der Waals surface area contributed by atoms with E-state index in [1.165, 1.54) is 29.6 Å². The summed E-state index contributed by atoms with van der Waals surface area (Å²) < 4.78 is 1.14. The van der Waals surface area contributed by atoms with Crippen LogP contribution in [-0.4, -0.2) is 0 Å². The normalized spacial score (nSPS) is 24.3. The van der Waals surface area contributed by atoms with Gasteiger partial charge in [0, 0.05) is 10.4 Å². The van der Waals surface area contributed by atoms with Gasteiger partial charge in [0.25, 0.3) is 0 Å². The summed E-state index contributed by atoms with van der Waals surface area (Å²) in [6.07, 6.45) is 4.87. The molecule has 1 aromatic carbocycles. The first-order valence-electron chi connectivity index (χ1n) is 6.16. The minimum Gasteiger partial charge on any atom is -0.0998 e. The molecule has 0 aromatic heterocycles. The van der Waals surface area contributed by atoms with Gasteiger partial charge >= 0.3 is 0 Å². The highest BCUT2D eigenvalue weighted by Crippen LogP contribution is 2.39. The average molecular weight is 291 g/mol. The van der Waals surface area contributed by atoms with E-state index in [-0.39, 0.29) is 0 Å². The summed E-state index contributed by atoms with van der Waals surface area (Å²) in [4.78, 5) is 0. The van der Waals surface area contributed by atoms with Gasteiger partial charge in [-0.2, -0.15) is 0 Å². The van der Waals surface area contributed by atoms with E-state index in [1.54, 1.807) is 0 Å². The van der Waals surface area contributed by atoms with Gasteiger partial charge in [0.1, 0.15) is 0 Å². The zero-order valence-electron chi connectivity index (χ0n) is 10.5. The van der Waals surface area contributed by atoms with Gasteiger partial charge in [-0.1, -0.05) is 51.9 Å². The van der Waals surface area contributed by atoms with Crippen molar-refractivity contribution in [2.75, 3.05) is 0 Å². The number of hydrogen-bond donors (Lipinski definition) is 0. The van der Waals surface area contributed by atoms with Crippen molar-refractivity contribution in [1.29, 1.82) is 0 Å². The van der Waals surface area contributed by atoms with E-state index >= 15 is 0 Å². The van der Waals surface area contributed by atoms with Gasteiger partial charge in [-0.25, -0.2) is 0 Å². The Morgan fingerprint density at radius 3 is 2.53 bits per heavy atom. The van der Waals surface area contributed by atoms with E-state index in [4.69, 9.17) is 0 Å². The van der Waals surface area contributed by atoms with Crippen molar-refractivity contribution in [1.82, 2.24) is 0 Å². The number of allylic oxidation sites excluding steroid dienone is 3. The highest BCUT2D eigenvalue weighted by molar-refractivity contribution is 9.10. The van der Waals surface area contributed by atoms with Crippen LogP contribution in [0.25, 0.3) is 0 Å². The van der Waals surface area contributed by atoms with Gasteiger partial charge in [0.15, 0.2) is 0 Å². The molecule has 0 saturated carbocycles. The maximum Gasteiger partial charge on any atom is 0.0175 e. The van der Waals surface area contributed by atoms with Crippen LogP contribution in [-0.2, 0) is 0 Å². The van der Waals surface area contributed by atoms with E-state index in [9.17, 15) is 0 Å². The van der Waals surface area contributed by atoms with Crippen molar-refractivity contribution < 1.29 is 0 Å². The summed E-state index contributed by atoms with van der Waals surface area (Å²) in [5, 5.41) is 0. The highest BCUT2D eigenvalue weighted by Gasteiger charge is 2.25. The second-order valence-electron chi connectivity index (χ2n) is 5.08. The minimum atomic E-state index is 0.509. The highest BCUT2D eigenvalue weighted by atomic mass is 79.9. The molecule has 0 heterocycles. The maximum atomic E-state index is 4.16. The lowest BCUT2D eigenvalue weighted by Gasteiger charge is -2.30. The van der Waals surface area contributed by atoms with Crippen LogP contribution in [0.4, 0.5) is 0 Å². The predicted molar refractivity (Wildman–Crippen MR) is 78.2 cm³/mol.